The number of benzene rings is 1. The lowest BCUT2D eigenvalue weighted by Crippen LogP contribution is -2.02. The van der Waals surface area contributed by atoms with Gasteiger partial charge in [0.05, 0.1) is 18.7 Å². The average molecular weight is 221 g/mol. The molecule has 0 amide bonds. The molecule has 1 aromatic rings. The smallest absolute Gasteiger partial charge is 0.342 e. The van der Waals surface area contributed by atoms with Crippen LogP contribution in [-0.4, -0.2) is 19.0 Å². The summed E-state index contributed by atoms with van der Waals surface area (Å²) in [4.78, 5) is 22.0. The van der Waals surface area contributed by atoms with E-state index in [1.54, 1.807) is 12.1 Å². The Morgan fingerprint density at radius 3 is 2.44 bits per heavy atom. The Balaban J connectivity index is 2.56. The lowest BCUT2D eigenvalue weighted by molar-refractivity contribution is -0.134. The Kier molecular flexibility index (Phi) is 4.08. The molecule has 1 rings (SSSR count). The molecule has 1 aromatic carbocycles. The summed E-state index contributed by atoms with van der Waals surface area (Å²) in [6.07, 6.45) is 1.99. The first-order valence-electron chi connectivity index (χ1n) is 4.44. The van der Waals surface area contributed by atoms with Gasteiger partial charge in [0.15, 0.2) is 0 Å². The van der Waals surface area contributed by atoms with Crippen LogP contribution in [-0.2, 0) is 14.3 Å². The highest BCUT2D eigenvalue weighted by atomic mass is 16.5. The van der Waals surface area contributed by atoms with Crippen LogP contribution >= 0.6 is 0 Å². The van der Waals surface area contributed by atoms with Gasteiger partial charge in [-0.15, -0.1) is 0 Å². The minimum atomic E-state index is -0.592. The first-order chi connectivity index (χ1) is 7.63. The van der Waals surface area contributed by atoms with Gasteiger partial charge in [0.25, 0.3) is 0 Å². The van der Waals surface area contributed by atoms with E-state index in [1.165, 1.54) is 19.2 Å². The van der Waals surface area contributed by atoms with Crippen molar-refractivity contribution in [2.24, 2.45) is 0 Å². The maximum Gasteiger partial charge on any atom is 0.342 e. The molecule has 5 nitrogen and oxygen atoms in total. The summed E-state index contributed by atoms with van der Waals surface area (Å²) in [6, 6.07) is 6.23. The molecule has 0 saturated carbocycles. The van der Waals surface area contributed by atoms with Gasteiger partial charge in [-0.1, -0.05) is 0 Å². The topological polar surface area (TPSA) is 78.6 Å². The van der Waals surface area contributed by atoms with E-state index in [1.807, 2.05) is 0 Å². The van der Waals surface area contributed by atoms with Crippen molar-refractivity contribution in [3.05, 3.63) is 42.2 Å². The van der Waals surface area contributed by atoms with Crippen molar-refractivity contribution in [2.45, 2.75) is 0 Å². The van der Waals surface area contributed by atoms with E-state index in [-0.39, 0.29) is 0 Å². The number of anilines is 1. The maximum absolute atomic E-state index is 11.4. The molecule has 0 fully saturated rings. The van der Waals surface area contributed by atoms with Crippen LogP contribution in [0.4, 0.5) is 5.69 Å². The summed E-state index contributed by atoms with van der Waals surface area (Å²) in [6.45, 7) is 0. The van der Waals surface area contributed by atoms with Crippen LogP contribution in [0, 0.1) is 0 Å². The molecule has 0 heterocycles. The van der Waals surface area contributed by atoms with Crippen molar-refractivity contribution < 1.29 is 19.1 Å². The summed E-state index contributed by atoms with van der Waals surface area (Å²) in [7, 11) is 1.23. The van der Waals surface area contributed by atoms with Crippen LogP contribution in [0.3, 0.4) is 0 Å². The number of rotatable bonds is 3. The van der Waals surface area contributed by atoms with Gasteiger partial charge in [0, 0.05) is 5.69 Å². The normalized spacial score (nSPS) is 10.1. The van der Waals surface area contributed by atoms with Crippen molar-refractivity contribution in [3.63, 3.8) is 0 Å². The predicted octanol–water partition coefficient (Wildman–Crippen LogP) is 1.11. The monoisotopic (exact) mass is 221 g/mol. The van der Waals surface area contributed by atoms with Crippen molar-refractivity contribution >= 4 is 17.6 Å². The van der Waals surface area contributed by atoms with Crippen molar-refractivity contribution in [1.29, 1.82) is 0 Å². The van der Waals surface area contributed by atoms with E-state index >= 15 is 0 Å². The van der Waals surface area contributed by atoms with Crippen molar-refractivity contribution in [3.8, 4) is 0 Å². The number of nitrogen functional groups attached to an aromatic ring is 1. The molecule has 0 radical (unpaired) electrons. The minimum absolute atomic E-state index is 0.351. The maximum atomic E-state index is 11.4. The van der Waals surface area contributed by atoms with Crippen LogP contribution in [0.15, 0.2) is 36.6 Å². The summed E-state index contributed by atoms with van der Waals surface area (Å²) in [5.41, 5.74) is 6.37. The lowest BCUT2D eigenvalue weighted by atomic mass is 10.2. The van der Waals surface area contributed by atoms with Gasteiger partial charge in [0.2, 0.25) is 0 Å². The zero-order chi connectivity index (χ0) is 12.0. The van der Waals surface area contributed by atoms with Crippen molar-refractivity contribution in [1.82, 2.24) is 0 Å². The van der Waals surface area contributed by atoms with Crippen LogP contribution in [0.25, 0.3) is 0 Å². The highest BCUT2D eigenvalue weighted by molar-refractivity contribution is 5.90. The largest absolute Gasteiger partial charge is 0.466 e. The quantitative estimate of drug-likeness (QED) is 0.358. The Morgan fingerprint density at radius 1 is 1.25 bits per heavy atom. The van der Waals surface area contributed by atoms with Gasteiger partial charge in [-0.05, 0) is 24.3 Å². The number of ether oxygens (including phenoxy) is 2. The second-order valence-corrected chi connectivity index (χ2v) is 2.85. The van der Waals surface area contributed by atoms with E-state index in [9.17, 15) is 9.59 Å². The fourth-order valence-corrected chi connectivity index (χ4v) is 0.907. The highest BCUT2D eigenvalue weighted by Crippen LogP contribution is 2.06. The first-order valence-corrected chi connectivity index (χ1v) is 4.44. The first kappa shape index (κ1) is 11.8. The molecule has 0 atom stereocenters. The number of nitrogens with two attached hydrogens (primary N) is 1. The average Bonchev–Trinajstić information content (AvgIpc) is 2.29. The summed E-state index contributed by atoms with van der Waals surface area (Å²) >= 11 is 0. The molecule has 2 N–H and O–H groups in total. The Bertz CT molecular complexity index is 408. The fraction of sp³-hybridized carbons (Fsp3) is 0.0909. The zero-order valence-corrected chi connectivity index (χ0v) is 8.67. The van der Waals surface area contributed by atoms with Crippen LogP contribution < -0.4 is 5.73 Å². The number of esters is 2. The van der Waals surface area contributed by atoms with Gasteiger partial charge >= 0.3 is 11.9 Å². The van der Waals surface area contributed by atoms with E-state index in [0.29, 0.717) is 11.3 Å². The number of carbonyl (C=O) groups excluding carboxylic acids is 2. The second-order valence-electron chi connectivity index (χ2n) is 2.85. The summed E-state index contributed by atoms with van der Waals surface area (Å²) in [5.74, 6) is -1.16. The van der Waals surface area contributed by atoms with Gasteiger partial charge in [0.1, 0.15) is 6.26 Å². The third-order valence-corrected chi connectivity index (χ3v) is 1.73. The number of methoxy groups -OCH3 is 1. The number of hydrogen-bond acceptors (Lipinski definition) is 5. The SMILES string of the molecule is COC(=O)C=COC(=O)c1ccc(N)cc1. The summed E-state index contributed by atoms with van der Waals surface area (Å²) in [5, 5.41) is 0. The molecule has 16 heavy (non-hydrogen) atoms. The van der Waals surface area contributed by atoms with Crippen molar-refractivity contribution in [2.75, 3.05) is 12.8 Å². The third-order valence-electron chi connectivity index (χ3n) is 1.73. The highest BCUT2D eigenvalue weighted by Gasteiger charge is 2.04. The lowest BCUT2D eigenvalue weighted by Gasteiger charge is -1.99. The molecule has 0 aliphatic carbocycles. The summed E-state index contributed by atoms with van der Waals surface area (Å²) < 4.78 is 9.00. The van der Waals surface area contributed by atoms with E-state index in [4.69, 9.17) is 5.73 Å². The Labute approximate surface area is 92.5 Å². The van der Waals surface area contributed by atoms with E-state index < -0.39 is 11.9 Å². The molecule has 84 valence electrons. The number of hydrogen-bond donors (Lipinski definition) is 1. The molecule has 0 spiro atoms. The van der Waals surface area contributed by atoms with Gasteiger partial charge in [-0.2, -0.15) is 0 Å². The fourth-order valence-electron chi connectivity index (χ4n) is 0.907. The molecule has 0 aliphatic rings. The number of carbonyl (C=O) groups is 2. The van der Waals surface area contributed by atoms with Crippen LogP contribution in [0.5, 0.6) is 0 Å². The Morgan fingerprint density at radius 2 is 1.88 bits per heavy atom. The molecule has 0 aliphatic heterocycles. The third kappa shape index (κ3) is 3.45. The second kappa shape index (κ2) is 5.55. The molecule has 0 aromatic heterocycles. The molecule has 0 unspecified atom stereocenters. The van der Waals surface area contributed by atoms with E-state index in [0.717, 1.165) is 12.3 Å². The molecule has 0 bridgehead atoms. The van der Waals surface area contributed by atoms with Gasteiger partial charge < -0.3 is 15.2 Å². The minimum Gasteiger partial charge on any atom is -0.466 e. The Hall–Kier alpha value is -2.30. The molecular weight excluding hydrogens is 210 g/mol. The zero-order valence-electron chi connectivity index (χ0n) is 8.67. The molecule has 5 heteroatoms. The molecular formula is C11H11NO4. The van der Waals surface area contributed by atoms with Gasteiger partial charge in [-0.25, -0.2) is 9.59 Å². The predicted molar refractivity (Wildman–Crippen MR) is 57.4 cm³/mol. The van der Waals surface area contributed by atoms with E-state index in [2.05, 4.69) is 9.47 Å². The standard InChI is InChI=1S/C11H11NO4/c1-15-10(13)6-7-16-11(14)8-2-4-9(12)5-3-8/h2-7H,12H2,1H3. The molecule has 0 saturated heterocycles. The van der Waals surface area contributed by atoms with Crippen LogP contribution in [0.1, 0.15) is 10.4 Å². The van der Waals surface area contributed by atoms with Gasteiger partial charge in [-0.3, -0.25) is 0 Å². The van der Waals surface area contributed by atoms with Crippen LogP contribution in [0.2, 0.25) is 0 Å².